The molecule has 1 atom stereocenters. The Balaban J connectivity index is 1.32. The predicted molar refractivity (Wildman–Crippen MR) is 162 cm³/mol. The maximum Gasteiger partial charge on any atom is 0.251 e. The third-order valence-electron chi connectivity index (χ3n) is 7.79. The highest BCUT2D eigenvalue weighted by Gasteiger charge is 2.27. The van der Waals surface area contributed by atoms with Gasteiger partial charge in [0.2, 0.25) is 0 Å². The number of aromatic nitrogens is 6. The first-order valence-electron chi connectivity index (χ1n) is 13.9. The first-order chi connectivity index (χ1) is 21.4. The van der Waals surface area contributed by atoms with E-state index in [1.807, 2.05) is 28.8 Å². The van der Waals surface area contributed by atoms with E-state index >= 15 is 0 Å². The van der Waals surface area contributed by atoms with E-state index in [0.717, 1.165) is 23.2 Å². The molecule has 7 rings (SSSR count). The first kappa shape index (κ1) is 26.8. The number of amides is 1. The average Bonchev–Trinajstić information content (AvgIpc) is 3.80. The lowest BCUT2D eigenvalue weighted by atomic mass is 10.1. The van der Waals surface area contributed by atoms with Gasteiger partial charge in [0.1, 0.15) is 11.6 Å². The lowest BCUT2D eigenvalue weighted by molar-refractivity contribution is 0.0936. The van der Waals surface area contributed by atoms with Crippen molar-refractivity contribution in [2.75, 3.05) is 12.8 Å². The van der Waals surface area contributed by atoms with Crippen LogP contribution in [0.25, 0.3) is 34.1 Å². The predicted octanol–water partition coefficient (Wildman–Crippen LogP) is 4.19. The molecule has 12 nitrogen and oxygen atoms in total. The number of nitrogens with zero attached hydrogens (tertiary/aromatic N) is 6. The quantitative estimate of drug-likeness (QED) is 0.233. The van der Waals surface area contributed by atoms with Crippen molar-refractivity contribution in [3.8, 4) is 34.4 Å². The van der Waals surface area contributed by atoms with Gasteiger partial charge in [0.15, 0.2) is 34.8 Å². The van der Waals surface area contributed by atoms with Gasteiger partial charge in [0.25, 0.3) is 5.91 Å². The van der Waals surface area contributed by atoms with Crippen LogP contribution in [0.15, 0.2) is 79.3 Å². The smallest absolute Gasteiger partial charge is 0.251 e. The molecule has 0 spiro atoms. The minimum atomic E-state index is -0.326. The Labute approximate surface area is 250 Å². The molecule has 4 heterocycles. The number of methoxy groups -OCH3 is 1. The van der Waals surface area contributed by atoms with Crippen LogP contribution in [0, 0.1) is 0 Å². The fraction of sp³-hybridized carbons (Fsp3) is 0.125. The van der Waals surface area contributed by atoms with Crippen molar-refractivity contribution in [2.45, 2.75) is 18.9 Å². The monoisotopic (exact) mass is 586 g/mol. The van der Waals surface area contributed by atoms with E-state index < -0.39 is 0 Å². The summed E-state index contributed by atoms with van der Waals surface area (Å²) in [6.07, 6.45) is 7.06. The van der Waals surface area contributed by atoms with Crippen molar-refractivity contribution < 1.29 is 19.4 Å². The number of anilines is 1. The van der Waals surface area contributed by atoms with Crippen molar-refractivity contribution in [2.24, 2.45) is 0 Å². The number of nitrogen functional groups attached to an aromatic ring is 1. The van der Waals surface area contributed by atoms with Crippen LogP contribution in [0.2, 0.25) is 0 Å². The fourth-order valence-electron chi connectivity index (χ4n) is 5.64. The van der Waals surface area contributed by atoms with Crippen molar-refractivity contribution in [1.29, 1.82) is 0 Å². The number of fused-ring (bicyclic) bond motifs is 2. The summed E-state index contributed by atoms with van der Waals surface area (Å²) < 4.78 is 9.33. The second kappa shape index (κ2) is 10.7. The van der Waals surface area contributed by atoms with Gasteiger partial charge in [0.05, 0.1) is 24.3 Å². The first-order valence-corrected chi connectivity index (χ1v) is 13.9. The second-order valence-electron chi connectivity index (χ2n) is 10.4. The fourth-order valence-corrected chi connectivity index (χ4v) is 5.64. The summed E-state index contributed by atoms with van der Waals surface area (Å²) in [5, 5.41) is 17.2. The Hall–Kier alpha value is -6.04. The lowest BCUT2D eigenvalue weighted by Crippen LogP contribution is -2.27. The van der Waals surface area contributed by atoms with E-state index in [1.54, 1.807) is 42.5 Å². The van der Waals surface area contributed by atoms with Crippen molar-refractivity contribution in [3.63, 3.8) is 0 Å². The Morgan fingerprint density at radius 3 is 2.77 bits per heavy atom. The summed E-state index contributed by atoms with van der Waals surface area (Å²) in [6, 6.07) is 17.3. The van der Waals surface area contributed by atoms with Crippen LogP contribution in [-0.2, 0) is 6.42 Å². The Morgan fingerprint density at radius 2 is 2.00 bits per heavy atom. The average molecular weight is 587 g/mol. The Kier molecular flexibility index (Phi) is 6.50. The highest BCUT2D eigenvalue weighted by molar-refractivity contribution is 5.97. The van der Waals surface area contributed by atoms with Crippen LogP contribution in [0.5, 0.6) is 11.5 Å². The number of ether oxygens (including phenoxy) is 1. The number of aryl methyl sites for hydroxylation is 1. The van der Waals surface area contributed by atoms with Gasteiger partial charge in [-0.3, -0.25) is 14.2 Å². The summed E-state index contributed by atoms with van der Waals surface area (Å²) >= 11 is 0. The van der Waals surface area contributed by atoms with Gasteiger partial charge in [0, 0.05) is 35.9 Å². The number of phenols is 1. The molecule has 2 aromatic carbocycles. The summed E-state index contributed by atoms with van der Waals surface area (Å²) in [6.45, 7) is 0. The molecule has 0 unspecified atom stereocenters. The van der Waals surface area contributed by atoms with Crippen LogP contribution in [0.3, 0.4) is 0 Å². The Morgan fingerprint density at radius 1 is 1.11 bits per heavy atom. The molecule has 4 N–H and O–H groups in total. The van der Waals surface area contributed by atoms with E-state index in [2.05, 4.69) is 21.5 Å². The van der Waals surface area contributed by atoms with E-state index in [9.17, 15) is 14.7 Å². The van der Waals surface area contributed by atoms with E-state index in [-0.39, 0.29) is 23.3 Å². The van der Waals surface area contributed by atoms with E-state index in [0.29, 0.717) is 58.2 Å². The molecular formula is C32H26N8O4. The molecule has 0 radical (unpaired) electrons. The molecular weight excluding hydrogens is 560 g/mol. The number of hydrogen-bond acceptors (Lipinski definition) is 9. The van der Waals surface area contributed by atoms with Crippen molar-refractivity contribution >= 4 is 29.2 Å². The third-order valence-corrected chi connectivity index (χ3v) is 7.79. The van der Waals surface area contributed by atoms with E-state index in [4.69, 9.17) is 20.4 Å². The number of nitrogens with two attached hydrogens (primary N) is 1. The Bertz CT molecular complexity index is 2070. The van der Waals surface area contributed by atoms with Crippen LogP contribution in [0.1, 0.15) is 44.3 Å². The van der Waals surface area contributed by atoms with Crippen molar-refractivity contribution in [1.82, 2.24) is 34.6 Å². The number of phenolic OH excluding ortho intramolecular Hbond substituents is 1. The number of carbonyl (C=O) groups excluding carboxylic acids is 2. The number of benzene rings is 2. The van der Waals surface area contributed by atoms with Gasteiger partial charge in [-0.15, -0.1) is 0 Å². The summed E-state index contributed by atoms with van der Waals surface area (Å²) in [5.74, 6) is 1.47. The third kappa shape index (κ3) is 4.49. The van der Waals surface area contributed by atoms with Gasteiger partial charge in [-0.2, -0.15) is 5.10 Å². The molecule has 0 fully saturated rings. The van der Waals surface area contributed by atoms with Gasteiger partial charge in [-0.05, 0) is 72.5 Å². The van der Waals surface area contributed by atoms with Gasteiger partial charge in [-0.25, -0.2) is 19.6 Å². The van der Waals surface area contributed by atoms with Gasteiger partial charge in [-0.1, -0.05) is 6.07 Å². The highest BCUT2D eigenvalue weighted by Crippen LogP contribution is 2.38. The standard InChI is InChI=1S/C32H26N8O4/c1-44-26-16-27(39-13-3-12-35-39)37-31-28(26)38-30(23-4-2-11-34-29(23)33)40(31)21-7-8-22-18(15-21)5-9-24(22)36-32(43)19-6-10-25(42)20(14-19)17-41/h2-4,6-8,10-17,24,42H,5,9H2,1H3,(H2,33,34)(H,36,43)/t24-/m0/s1. The van der Waals surface area contributed by atoms with Crippen LogP contribution < -0.4 is 15.8 Å². The van der Waals surface area contributed by atoms with Crippen LogP contribution in [-0.4, -0.2) is 53.7 Å². The number of nitrogens with one attached hydrogen (secondary N) is 1. The molecule has 0 saturated carbocycles. The van der Waals surface area contributed by atoms with Crippen molar-refractivity contribution in [3.05, 3.63) is 102 Å². The maximum atomic E-state index is 13.0. The topological polar surface area (TPSA) is 163 Å². The number of hydrogen-bond donors (Lipinski definition) is 3. The summed E-state index contributed by atoms with van der Waals surface area (Å²) in [5.41, 5.74) is 11.3. The van der Waals surface area contributed by atoms with Crippen LogP contribution in [0.4, 0.5) is 5.82 Å². The minimum Gasteiger partial charge on any atom is -0.507 e. The lowest BCUT2D eigenvalue weighted by Gasteiger charge is -2.16. The summed E-state index contributed by atoms with van der Waals surface area (Å²) in [4.78, 5) is 38.5. The molecule has 44 heavy (non-hydrogen) atoms. The molecule has 0 bridgehead atoms. The molecule has 0 saturated heterocycles. The molecule has 1 aliphatic carbocycles. The number of carbonyl (C=O) groups is 2. The van der Waals surface area contributed by atoms with Gasteiger partial charge >= 0.3 is 0 Å². The number of imidazole rings is 1. The summed E-state index contributed by atoms with van der Waals surface area (Å²) in [7, 11) is 1.58. The zero-order valence-corrected chi connectivity index (χ0v) is 23.5. The highest BCUT2D eigenvalue weighted by atomic mass is 16.5. The zero-order chi connectivity index (χ0) is 30.4. The molecule has 218 valence electrons. The molecule has 0 aliphatic heterocycles. The zero-order valence-electron chi connectivity index (χ0n) is 23.5. The molecule has 12 heteroatoms. The molecule has 1 amide bonds. The molecule has 1 aliphatic rings. The number of rotatable bonds is 7. The minimum absolute atomic E-state index is 0.0627. The SMILES string of the molecule is COc1cc(-n2cccn2)nc2c1nc(-c1cccnc1N)n2-c1ccc2c(c1)CC[C@@H]2NC(=O)c1ccc(O)c(C=O)c1. The number of aldehydes is 1. The van der Waals surface area contributed by atoms with E-state index in [1.165, 1.54) is 18.2 Å². The van der Waals surface area contributed by atoms with Gasteiger partial charge < -0.3 is 20.9 Å². The number of pyridine rings is 2. The normalized spacial score (nSPS) is 14.0. The number of aromatic hydroxyl groups is 1. The second-order valence-corrected chi connectivity index (χ2v) is 10.4. The maximum absolute atomic E-state index is 13.0. The molecule has 4 aromatic heterocycles. The van der Waals surface area contributed by atoms with Crippen LogP contribution >= 0.6 is 0 Å². The largest absolute Gasteiger partial charge is 0.507 e. The molecule has 6 aromatic rings.